The Morgan fingerprint density at radius 2 is 1.48 bits per heavy atom. The summed E-state index contributed by atoms with van der Waals surface area (Å²) in [6.07, 6.45) is 4.60. The van der Waals surface area contributed by atoms with Crippen molar-refractivity contribution in [3.8, 4) is 0 Å². The molecule has 1 fully saturated rings. The van der Waals surface area contributed by atoms with Crippen LogP contribution in [0.1, 0.15) is 31.2 Å². The van der Waals surface area contributed by atoms with Crippen molar-refractivity contribution in [3.05, 3.63) is 54.1 Å². The van der Waals surface area contributed by atoms with Crippen LogP contribution in [-0.2, 0) is 6.54 Å². The first-order valence-electron chi connectivity index (χ1n) is 11.2. The molecular weight excluding hydrogens is 384 g/mol. The number of hydrogen-bond donors (Lipinski definition) is 2. The third-order valence-electron chi connectivity index (χ3n) is 6.11. The van der Waals surface area contributed by atoms with Crippen LogP contribution in [0.4, 0.5) is 17.5 Å². The Morgan fingerprint density at radius 1 is 0.806 bits per heavy atom. The predicted molar refractivity (Wildman–Crippen MR) is 131 cm³/mol. The summed E-state index contributed by atoms with van der Waals surface area (Å²) in [6.45, 7) is 0.927. The molecule has 164 valence electrons. The Kier molecular flexibility index (Phi) is 6.56. The van der Waals surface area contributed by atoms with Crippen LogP contribution in [0.2, 0.25) is 0 Å². The molecule has 31 heavy (non-hydrogen) atoms. The Labute approximate surface area is 185 Å². The van der Waals surface area contributed by atoms with Crippen LogP contribution in [0.15, 0.2) is 48.5 Å². The van der Waals surface area contributed by atoms with Crippen LogP contribution in [0.3, 0.4) is 0 Å². The summed E-state index contributed by atoms with van der Waals surface area (Å²) in [6, 6.07) is 18.0. The van der Waals surface area contributed by atoms with Crippen molar-refractivity contribution in [3.63, 3.8) is 0 Å². The molecule has 1 heterocycles. The van der Waals surface area contributed by atoms with Gasteiger partial charge in [0.25, 0.3) is 0 Å². The minimum atomic E-state index is 0.425. The number of benzene rings is 2. The van der Waals surface area contributed by atoms with Gasteiger partial charge in [0, 0.05) is 57.9 Å². The van der Waals surface area contributed by atoms with Gasteiger partial charge in [0.05, 0.1) is 5.52 Å². The van der Waals surface area contributed by atoms with Crippen molar-refractivity contribution in [1.29, 1.82) is 0 Å². The fraction of sp³-hybridized carbons (Fsp3) is 0.440. The maximum absolute atomic E-state index is 4.79. The molecule has 0 saturated heterocycles. The second-order valence-electron chi connectivity index (χ2n) is 8.92. The number of fused-ring (bicyclic) bond motifs is 1. The monoisotopic (exact) mass is 418 g/mol. The van der Waals surface area contributed by atoms with Crippen molar-refractivity contribution >= 4 is 28.4 Å². The third-order valence-corrected chi connectivity index (χ3v) is 6.11. The van der Waals surface area contributed by atoms with Crippen molar-refractivity contribution in [2.45, 2.75) is 44.3 Å². The first-order valence-corrected chi connectivity index (χ1v) is 11.2. The number of nitrogens with one attached hydrogen (secondary N) is 2. The number of rotatable bonds is 7. The summed E-state index contributed by atoms with van der Waals surface area (Å²) in [5, 5.41) is 8.43. The third kappa shape index (κ3) is 5.25. The van der Waals surface area contributed by atoms with Gasteiger partial charge in [0.2, 0.25) is 5.95 Å². The van der Waals surface area contributed by atoms with E-state index in [4.69, 9.17) is 9.97 Å². The highest BCUT2D eigenvalue weighted by atomic mass is 15.2. The van der Waals surface area contributed by atoms with Crippen LogP contribution in [-0.4, -0.2) is 50.2 Å². The molecular formula is C25H34N6. The van der Waals surface area contributed by atoms with Crippen molar-refractivity contribution < 1.29 is 0 Å². The molecule has 0 spiro atoms. The van der Waals surface area contributed by atoms with Crippen molar-refractivity contribution in [1.82, 2.24) is 15.3 Å². The zero-order valence-corrected chi connectivity index (χ0v) is 19.1. The molecule has 6 heteroatoms. The summed E-state index contributed by atoms with van der Waals surface area (Å²) < 4.78 is 0. The molecule has 1 aromatic heterocycles. The van der Waals surface area contributed by atoms with E-state index in [2.05, 4.69) is 70.9 Å². The molecule has 0 amide bonds. The Balaban J connectivity index is 1.31. The molecule has 4 rings (SSSR count). The number of aromatic nitrogens is 2. The normalized spacial score (nSPS) is 18.7. The molecule has 1 aliphatic rings. The standard InChI is InChI=1S/C25H34N6/c1-30(2)21-15-9-18(10-16-21)17-26-19-11-13-20(14-12-19)27-25-28-23-8-6-5-7-22(23)24(29-25)31(3)4/h5-10,15-16,19-20,26H,11-14,17H2,1-4H3,(H,27,28,29). The largest absolute Gasteiger partial charge is 0.378 e. The first-order chi connectivity index (χ1) is 15.0. The summed E-state index contributed by atoms with van der Waals surface area (Å²) in [5.41, 5.74) is 3.56. The Morgan fingerprint density at radius 3 is 2.16 bits per heavy atom. The maximum atomic E-state index is 4.79. The Hall–Kier alpha value is -2.86. The van der Waals surface area contributed by atoms with Gasteiger partial charge in [-0.15, -0.1) is 0 Å². The van der Waals surface area contributed by atoms with Crippen LogP contribution >= 0.6 is 0 Å². The van der Waals surface area contributed by atoms with Crippen LogP contribution < -0.4 is 20.4 Å². The van der Waals surface area contributed by atoms with Gasteiger partial charge in [-0.2, -0.15) is 4.98 Å². The van der Waals surface area contributed by atoms with E-state index in [0.29, 0.717) is 12.1 Å². The average molecular weight is 419 g/mol. The topological polar surface area (TPSA) is 56.3 Å². The van der Waals surface area contributed by atoms with Crippen LogP contribution in [0.5, 0.6) is 0 Å². The van der Waals surface area contributed by atoms with Gasteiger partial charge in [0.1, 0.15) is 5.82 Å². The summed E-state index contributed by atoms with van der Waals surface area (Å²) in [5.74, 6) is 1.70. The lowest BCUT2D eigenvalue weighted by Crippen LogP contribution is -2.37. The second kappa shape index (κ2) is 9.52. The molecule has 0 radical (unpaired) electrons. The van der Waals surface area contributed by atoms with Gasteiger partial charge >= 0.3 is 0 Å². The van der Waals surface area contributed by atoms with Gasteiger partial charge in [-0.3, -0.25) is 0 Å². The Bertz CT molecular complexity index is 991. The summed E-state index contributed by atoms with van der Waals surface area (Å²) >= 11 is 0. The van der Waals surface area contributed by atoms with Crippen LogP contribution in [0.25, 0.3) is 10.9 Å². The quantitative estimate of drug-likeness (QED) is 0.597. The van der Waals surface area contributed by atoms with E-state index in [-0.39, 0.29) is 0 Å². The molecule has 2 aromatic carbocycles. The molecule has 3 aromatic rings. The van der Waals surface area contributed by atoms with E-state index in [9.17, 15) is 0 Å². The highest BCUT2D eigenvalue weighted by Gasteiger charge is 2.22. The molecule has 1 saturated carbocycles. The molecule has 0 atom stereocenters. The number of nitrogens with zero attached hydrogens (tertiary/aromatic N) is 4. The molecule has 0 unspecified atom stereocenters. The lowest BCUT2D eigenvalue weighted by atomic mass is 9.91. The lowest BCUT2D eigenvalue weighted by Gasteiger charge is -2.30. The number of anilines is 3. The molecule has 0 bridgehead atoms. The van der Waals surface area contributed by atoms with E-state index >= 15 is 0 Å². The highest BCUT2D eigenvalue weighted by molar-refractivity contribution is 5.90. The van der Waals surface area contributed by atoms with Crippen molar-refractivity contribution in [2.75, 3.05) is 43.3 Å². The highest BCUT2D eigenvalue weighted by Crippen LogP contribution is 2.26. The molecule has 2 N–H and O–H groups in total. The lowest BCUT2D eigenvalue weighted by molar-refractivity contribution is 0.352. The number of hydrogen-bond acceptors (Lipinski definition) is 6. The fourth-order valence-electron chi connectivity index (χ4n) is 4.26. The second-order valence-corrected chi connectivity index (χ2v) is 8.92. The molecule has 6 nitrogen and oxygen atoms in total. The molecule has 1 aliphatic carbocycles. The fourth-order valence-corrected chi connectivity index (χ4v) is 4.26. The first kappa shape index (κ1) is 21.4. The van der Waals surface area contributed by atoms with Gasteiger partial charge < -0.3 is 20.4 Å². The summed E-state index contributed by atoms with van der Waals surface area (Å²) in [7, 11) is 8.21. The maximum Gasteiger partial charge on any atom is 0.225 e. The van der Waals surface area contributed by atoms with Gasteiger partial charge in [-0.25, -0.2) is 4.98 Å². The number of para-hydroxylation sites is 1. The van der Waals surface area contributed by atoms with Crippen molar-refractivity contribution in [2.24, 2.45) is 0 Å². The van der Waals surface area contributed by atoms with E-state index in [1.807, 2.05) is 26.2 Å². The van der Waals surface area contributed by atoms with Gasteiger partial charge in [0.15, 0.2) is 0 Å². The van der Waals surface area contributed by atoms with E-state index in [1.165, 1.54) is 24.1 Å². The summed E-state index contributed by atoms with van der Waals surface area (Å²) in [4.78, 5) is 13.7. The van der Waals surface area contributed by atoms with E-state index in [0.717, 1.165) is 42.1 Å². The zero-order chi connectivity index (χ0) is 21.8. The smallest absolute Gasteiger partial charge is 0.225 e. The van der Waals surface area contributed by atoms with E-state index in [1.54, 1.807) is 0 Å². The minimum absolute atomic E-state index is 0.425. The molecule has 0 aliphatic heterocycles. The van der Waals surface area contributed by atoms with E-state index < -0.39 is 0 Å². The van der Waals surface area contributed by atoms with Crippen LogP contribution in [0, 0.1) is 0 Å². The zero-order valence-electron chi connectivity index (χ0n) is 19.1. The average Bonchev–Trinajstić information content (AvgIpc) is 2.78. The predicted octanol–water partition coefficient (Wildman–Crippen LogP) is 4.27. The van der Waals surface area contributed by atoms with Gasteiger partial charge in [-0.1, -0.05) is 24.3 Å². The minimum Gasteiger partial charge on any atom is -0.378 e. The van der Waals surface area contributed by atoms with Gasteiger partial charge in [-0.05, 0) is 55.5 Å². The SMILES string of the molecule is CN(C)c1ccc(CNC2CCC(Nc3nc(N(C)C)c4ccccc4n3)CC2)cc1.